The first-order chi connectivity index (χ1) is 11.8. The smallest absolute Gasteiger partial charge is 0.0757 e. The second kappa shape index (κ2) is 10.8. The fourth-order valence-electron chi connectivity index (χ4n) is 2.88. The molecule has 2 rings (SSSR count). The van der Waals surface area contributed by atoms with Crippen molar-refractivity contribution in [3.63, 3.8) is 0 Å². The Kier molecular flexibility index (Phi) is 8.26. The van der Waals surface area contributed by atoms with Gasteiger partial charge in [-0.05, 0) is 55.0 Å². The summed E-state index contributed by atoms with van der Waals surface area (Å²) in [5.74, 6) is 0. The van der Waals surface area contributed by atoms with Gasteiger partial charge in [0.05, 0.1) is 11.8 Å². The zero-order valence-electron chi connectivity index (χ0n) is 14.7. The highest BCUT2D eigenvalue weighted by molar-refractivity contribution is 5.49. The van der Waals surface area contributed by atoms with Crippen molar-refractivity contribution < 1.29 is 5.11 Å². The quantitative estimate of drug-likeness (QED) is 0.591. The minimum absolute atomic E-state index is 0.395. The van der Waals surface area contributed by atoms with Crippen LogP contribution in [0.3, 0.4) is 0 Å². The molecule has 0 radical (unpaired) electrons. The number of aliphatic hydroxyl groups is 1. The largest absolute Gasteiger partial charge is 0.389 e. The number of aryl methyl sites for hydroxylation is 1. The first-order valence-electron chi connectivity index (χ1n) is 9.13. The lowest BCUT2D eigenvalue weighted by atomic mass is 9.96. The first kappa shape index (κ1) is 18.4. The van der Waals surface area contributed by atoms with Gasteiger partial charge >= 0.3 is 0 Å². The number of pyridine rings is 1. The number of rotatable bonds is 10. The zero-order chi connectivity index (χ0) is 17.0. The summed E-state index contributed by atoms with van der Waals surface area (Å²) in [4.78, 5) is 4.38. The zero-order valence-corrected chi connectivity index (χ0v) is 14.7. The molecule has 2 aromatic rings. The summed E-state index contributed by atoms with van der Waals surface area (Å²) < 4.78 is 0. The molecule has 0 aliphatic heterocycles. The summed E-state index contributed by atoms with van der Waals surface area (Å²) in [6.45, 7) is 2.22. The van der Waals surface area contributed by atoms with E-state index in [0.29, 0.717) is 0 Å². The van der Waals surface area contributed by atoms with Crippen LogP contribution in [0.4, 0.5) is 0 Å². The Morgan fingerprint density at radius 1 is 1.04 bits per heavy atom. The topological polar surface area (TPSA) is 33.1 Å². The summed E-state index contributed by atoms with van der Waals surface area (Å²) in [6.07, 6.45) is 10.9. The van der Waals surface area contributed by atoms with Gasteiger partial charge in [0.2, 0.25) is 0 Å². The summed E-state index contributed by atoms with van der Waals surface area (Å²) >= 11 is 0. The molecule has 0 saturated heterocycles. The molecule has 1 atom stereocenters. The van der Waals surface area contributed by atoms with Crippen molar-refractivity contribution in [3.05, 3.63) is 71.6 Å². The summed E-state index contributed by atoms with van der Waals surface area (Å²) in [7, 11) is 0. The van der Waals surface area contributed by atoms with Crippen LogP contribution < -0.4 is 0 Å². The van der Waals surface area contributed by atoms with E-state index in [2.05, 4.69) is 42.2 Å². The molecule has 0 fully saturated rings. The second-order valence-electron chi connectivity index (χ2n) is 6.32. The van der Waals surface area contributed by atoms with Crippen molar-refractivity contribution >= 4 is 6.08 Å². The maximum Gasteiger partial charge on any atom is 0.0757 e. The third-order valence-corrected chi connectivity index (χ3v) is 4.32. The minimum Gasteiger partial charge on any atom is -0.389 e. The minimum atomic E-state index is -0.395. The van der Waals surface area contributed by atoms with E-state index in [1.165, 1.54) is 24.8 Å². The lowest BCUT2D eigenvalue weighted by Crippen LogP contribution is -2.12. The predicted octanol–water partition coefficient (Wildman–Crippen LogP) is 5.43. The van der Waals surface area contributed by atoms with Gasteiger partial charge in [0, 0.05) is 6.20 Å². The molecule has 0 aliphatic rings. The number of aliphatic hydroxyl groups excluding tert-OH is 1. The van der Waals surface area contributed by atoms with Gasteiger partial charge in [-0.15, -0.1) is 0 Å². The molecule has 24 heavy (non-hydrogen) atoms. The fraction of sp³-hybridized carbons (Fsp3) is 0.409. The van der Waals surface area contributed by atoms with Crippen molar-refractivity contribution in [2.45, 2.75) is 58.0 Å². The lowest BCUT2D eigenvalue weighted by molar-refractivity contribution is 0.197. The Labute approximate surface area is 146 Å². The predicted molar refractivity (Wildman–Crippen MR) is 102 cm³/mol. The number of aromatic nitrogens is 1. The average molecular weight is 323 g/mol. The van der Waals surface area contributed by atoms with Gasteiger partial charge in [-0.1, -0.05) is 62.6 Å². The highest BCUT2D eigenvalue weighted by Gasteiger charge is 2.11. The van der Waals surface area contributed by atoms with Crippen LogP contribution in [-0.4, -0.2) is 16.2 Å². The highest BCUT2D eigenvalue weighted by Crippen LogP contribution is 2.20. The third-order valence-electron chi connectivity index (χ3n) is 4.32. The van der Waals surface area contributed by atoms with Crippen LogP contribution in [0, 0.1) is 0 Å². The van der Waals surface area contributed by atoms with Gasteiger partial charge in [0.1, 0.15) is 0 Å². The van der Waals surface area contributed by atoms with Crippen LogP contribution in [0.25, 0.3) is 6.08 Å². The maximum absolute atomic E-state index is 10.7. The van der Waals surface area contributed by atoms with Crippen molar-refractivity contribution in [2.75, 3.05) is 0 Å². The van der Waals surface area contributed by atoms with Crippen LogP contribution >= 0.6 is 0 Å². The Morgan fingerprint density at radius 2 is 1.83 bits per heavy atom. The second-order valence-corrected chi connectivity index (χ2v) is 6.32. The lowest BCUT2D eigenvalue weighted by Gasteiger charge is -2.15. The number of unbranched alkanes of at least 4 members (excludes halogenated alkanes) is 3. The molecule has 0 amide bonds. The summed E-state index contributed by atoms with van der Waals surface area (Å²) in [6, 6.07) is 16.3. The Morgan fingerprint density at radius 3 is 2.54 bits per heavy atom. The molecular weight excluding hydrogens is 294 g/mol. The molecule has 128 valence electrons. The first-order valence-corrected chi connectivity index (χ1v) is 9.13. The Balaban J connectivity index is 1.99. The van der Waals surface area contributed by atoms with Gasteiger partial charge in [0.15, 0.2) is 0 Å². The monoisotopic (exact) mass is 323 g/mol. The van der Waals surface area contributed by atoms with Gasteiger partial charge in [-0.3, -0.25) is 4.98 Å². The molecular formula is C22H29NO. The molecule has 1 aromatic carbocycles. The van der Waals surface area contributed by atoms with Crippen LogP contribution in [0.2, 0.25) is 0 Å². The Bertz CT molecular complexity index is 592. The third kappa shape index (κ3) is 6.67. The molecule has 0 spiro atoms. The van der Waals surface area contributed by atoms with Gasteiger partial charge < -0.3 is 5.11 Å². The van der Waals surface area contributed by atoms with E-state index in [9.17, 15) is 5.11 Å². The fourth-order valence-corrected chi connectivity index (χ4v) is 2.88. The standard InChI is InChI=1S/C22H29NO/c1-2-3-4-8-13-20(18-21-14-9-10-17-23-21)22(24)16-15-19-11-6-5-7-12-19/h5-7,9-12,14,17-18,22,24H,2-4,8,13,15-16H2,1H3/b20-18+. The molecule has 2 heteroatoms. The number of hydrogen-bond donors (Lipinski definition) is 1. The van der Waals surface area contributed by atoms with E-state index in [0.717, 1.165) is 37.0 Å². The van der Waals surface area contributed by atoms with Crippen LogP contribution in [-0.2, 0) is 6.42 Å². The van der Waals surface area contributed by atoms with E-state index in [-0.39, 0.29) is 0 Å². The van der Waals surface area contributed by atoms with Crippen LogP contribution in [0.15, 0.2) is 60.3 Å². The van der Waals surface area contributed by atoms with Crippen molar-refractivity contribution in [1.29, 1.82) is 0 Å². The van der Waals surface area contributed by atoms with Gasteiger partial charge in [-0.2, -0.15) is 0 Å². The van der Waals surface area contributed by atoms with E-state index >= 15 is 0 Å². The van der Waals surface area contributed by atoms with Gasteiger partial charge in [-0.25, -0.2) is 0 Å². The molecule has 1 unspecified atom stereocenters. The van der Waals surface area contributed by atoms with Crippen molar-refractivity contribution in [1.82, 2.24) is 4.98 Å². The summed E-state index contributed by atoms with van der Waals surface area (Å²) in [5.41, 5.74) is 3.32. The van der Waals surface area contributed by atoms with Crippen molar-refractivity contribution in [3.8, 4) is 0 Å². The molecule has 1 aromatic heterocycles. The molecule has 0 aliphatic carbocycles. The average Bonchev–Trinajstić information content (AvgIpc) is 2.64. The van der Waals surface area contributed by atoms with Crippen LogP contribution in [0.1, 0.15) is 56.7 Å². The molecule has 2 nitrogen and oxygen atoms in total. The molecule has 1 N–H and O–H groups in total. The highest BCUT2D eigenvalue weighted by atomic mass is 16.3. The van der Waals surface area contributed by atoms with Crippen molar-refractivity contribution in [2.24, 2.45) is 0 Å². The molecule has 0 bridgehead atoms. The molecule has 0 saturated carbocycles. The molecule has 1 heterocycles. The van der Waals surface area contributed by atoms with E-state index in [1.54, 1.807) is 6.20 Å². The number of hydrogen-bond acceptors (Lipinski definition) is 2. The van der Waals surface area contributed by atoms with E-state index in [1.807, 2.05) is 24.3 Å². The number of nitrogens with zero attached hydrogens (tertiary/aromatic N) is 1. The van der Waals surface area contributed by atoms with Crippen LogP contribution in [0.5, 0.6) is 0 Å². The SMILES string of the molecule is CCCCCC/C(=C\c1ccccn1)C(O)CCc1ccccc1. The Hall–Kier alpha value is -1.93. The number of benzene rings is 1. The normalized spacial score (nSPS) is 13.0. The van der Waals surface area contributed by atoms with E-state index in [4.69, 9.17) is 0 Å². The van der Waals surface area contributed by atoms with E-state index < -0.39 is 6.10 Å². The maximum atomic E-state index is 10.7. The van der Waals surface area contributed by atoms with Gasteiger partial charge in [0.25, 0.3) is 0 Å². The summed E-state index contributed by atoms with van der Waals surface area (Å²) in [5, 5.41) is 10.7.